The molecule has 0 amide bonds. The Morgan fingerprint density at radius 1 is 1.35 bits per heavy atom. The van der Waals surface area contributed by atoms with Gasteiger partial charge in [0.25, 0.3) is 0 Å². The fraction of sp³-hybridized carbons (Fsp3) is 0.500. The van der Waals surface area contributed by atoms with Crippen LogP contribution in [-0.4, -0.2) is 36.8 Å². The molecule has 0 N–H and O–H groups in total. The van der Waals surface area contributed by atoms with Gasteiger partial charge in [-0.1, -0.05) is 23.2 Å². The van der Waals surface area contributed by atoms with Gasteiger partial charge in [-0.25, -0.2) is 8.42 Å². The van der Waals surface area contributed by atoms with Gasteiger partial charge in [0.15, 0.2) is 0 Å². The van der Waals surface area contributed by atoms with Crippen LogP contribution in [0.1, 0.15) is 12.5 Å². The standard InChI is InChI=1S/C12H14Cl3NO2S2/c1-8-7-19-3-2-16(8)20(17,18)12-4-9(6-13)10(14)5-11(12)15/h4-5,8H,2-3,6-7H2,1H3. The summed E-state index contributed by atoms with van der Waals surface area (Å²) < 4.78 is 27.0. The van der Waals surface area contributed by atoms with E-state index >= 15 is 0 Å². The molecular formula is C12H14Cl3NO2S2. The van der Waals surface area contributed by atoms with Crippen molar-refractivity contribution in [3.8, 4) is 0 Å². The number of thioether (sulfide) groups is 1. The van der Waals surface area contributed by atoms with Crippen LogP contribution in [0.2, 0.25) is 10.0 Å². The summed E-state index contributed by atoms with van der Waals surface area (Å²) in [7, 11) is -3.62. The van der Waals surface area contributed by atoms with Gasteiger partial charge >= 0.3 is 0 Å². The quantitative estimate of drug-likeness (QED) is 0.754. The molecule has 3 nitrogen and oxygen atoms in total. The summed E-state index contributed by atoms with van der Waals surface area (Å²) in [5.74, 6) is 1.72. The van der Waals surface area contributed by atoms with E-state index in [9.17, 15) is 8.42 Å². The Bertz CT molecular complexity index is 607. The summed E-state index contributed by atoms with van der Waals surface area (Å²) >= 11 is 19.6. The van der Waals surface area contributed by atoms with E-state index in [1.54, 1.807) is 11.8 Å². The second kappa shape index (κ2) is 6.63. The molecule has 2 rings (SSSR count). The molecule has 0 aromatic heterocycles. The Hall–Kier alpha value is 0.350. The number of benzene rings is 1. The maximum atomic E-state index is 12.7. The maximum Gasteiger partial charge on any atom is 0.244 e. The number of rotatable bonds is 3. The SMILES string of the molecule is CC1CSCCN1S(=O)(=O)c1cc(CCl)c(Cl)cc1Cl. The molecule has 1 aromatic rings. The van der Waals surface area contributed by atoms with Crippen molar-refractivity contribution >= 4 is 56.6 Å². The fourth-order valence-corrected chi connectivity index (χ4v) is 6.05. The van der Waals surface area contributed by atoms with E-state index in [0.29, 0.717) is 17.1 Å². The second-order valence-electron chi connectivity index (χ2n) is 4.55. The van der Waals surface area contributed by atoms with Crippen LogP contribution in [0.5, 0.6) is 0 Å². The molecule has 0 bridgehead atoms. The van der Waals surface area contributed by atoms with Crippen LogP contribution in [-0.2, 0) is 15.9 Å². The van der Waals surface area contributed by atoms with E-state index in [0.717, 1.165) is 11.5 Å². The summed E-state index contributed by atoms with van der Waals surface area (Å²) in [6, 6.07) is 2.86. The molecule has 8 heteroatoms. The average molecular weight is 375 g/mol. The molecule has 1 aliphatic heterocycles. The molecule has 1 aliphatic rings. The number of hydrogen-bond donors (Lipinski definition) is 0. The van der Waals surface area contributed by atoms with E-state index in [1.165, 1.54) is 16.4 Å². The van der Waals surface area contributed by atoms with E-state index in [2.05, 4.69) is 0 Å². The first-order chi connectivity index (χ1) is 9.37. The lowest BCUT2D eigenvalue weighted by atomic mass is 10.2. The van der Waals surface area contributed by atoms with Crippen molar-refractivity contribution in [3.63, 3.8) is 0 Å². The van der Waals surface area contributed by atoms with E-state index in [4.69, 9.17) is 34.8 Å². The molecule has 20 heavy (non-hydrogen) atoms. The first-order valence-electron chi connectivity index (χ1n) is 6.01. The van der Waals surface area contributed by atoms with Crippen molar-refractivity contribution in [2.45, 2.75) is 23.7 Å². The highest BCUT2D eigenvalue weighted by atomic mass is 35.5. The molecule has 1 unspecified atom stereocenters. The molecule has 1 fully saturated rings. The van der Waals surface area contributed by atoms with Crippen molar-refractivity contribution in [2.75, 3.05) is 18.1 Å². The van der Waals surface area contributed by atoms with Crippen LogP contribution in [0.15, 0.2) is 17.0 Å². The first kappa shape index (κ1) is 16.7. The van der Waals surface area contributed by atoms with Crippen molar-refractivity contribution < 1.29 is 8.42 Å². The fourth-order valence-electron chi connectivity index (χ4n) is 2.07. The predicted molar refractivity (Wildman–Crippen MR) is 86.7 cm³/mol. The van der Waals surface area contributed by atoms with Gasteiger partial charge in [-0.05, 0) is 24.6 Å². The minimum Gasteiger partial charge on any atom is -0.207 e. The smallest absolute Gasteiger partial charge is 0.207 e. The Labute approximate surface area is 138 Å². The number of hydrogen-bond acceptors (Lipinski definition) is 3. The van der Waals surface area contributed by atoms with Gasteiger partial charge in [-0.3, -0.25) is 0 Å². The molecule has 1 aromatic carbocycles. The van der Waals surface area contributed by atoms with Crippen LogP contribution < -0.4 is 0 Å². The average Bonchev–Trinajstić information content (AvgIpc) is 2.38. The molecule has 1 atom stereocenters. The molecule has 112 valence electrons. The molecular weight excluding hydrogens is 361 g/mol. The molecule has 1 saturated heterocycles. The van der Waals surface area contributed by atoms with E-state index in [1.807, 2.05) is 6.92 Å². The minimum absolute atomic E-state index is 0.0510. The predicted octanol–water partition coefficient (Wildman–Crippen LogP) is 3.86. The Kier molecular flexibility index (Phi) is 5.54. The van der Waals surface area contributed by atoms with Gasteiger partial charge in [0.2, 0.25) is 10.0 Å². The number of sulfonamides is 1. The normalized spacial score (nSPS) is 21.1. The van der Waals surface area contributed by atoms with E-state index in [-0.39, 0.29) is 21.8 Å². The summed E-state index contributed by atoms with van der Waals surface area (Å²) in [4.78, 5) is 0.0815. The highest BCUT2D eigenvalue weighted by Crippen LogP contribution is 2.33. The third-order valence-electron chi connectivity index (χ3n) is 3.14. The van der Waals surface area contributed by atoms with Gasteiger partial charge in [0, 0.05) is 35.0 Å². The largest absolute Gasteiger partial charge is 0.244 e. The van der Waals surface area contributed by atoms with Gasteiger partial charge in [-0.2, -0.15) is 16.1 Å². The summed E-state index contributed by atoms with van der Waals surface area (Å²) in [5.41, 5.74) is 0.565. The Morgan fingerprint density at radius 3 is 2.65 bits per heavy atom. The summed E-state index contributed by atoms with van der Waals surface area (Å²) in [6.45, 7) is 2.39. The zero-order chi connectivity index (χ0) is 14.9. The molecule has 0 spiro atoms. The van der Waals surface area contributed by atoms with Crippen molar-refractivity contribution in [3.05, 3.63) is 27.7 Å². The van der Waals surface area contributed by atoms with Crippen LogP contribution >= 0.6 is 46.6 Å². The molecule has 0 radical (unpaired) electrons. The van der Waals surface area contributed by atoms with Crippen LogP contribution in [0.4, 0.5) is 0 Å². The summed E-state index contributed by atoms with van der Waals surface area (Å²) in [5, 5.41) is 0.514. The third-order valence-corrected chi connectivity index (χ3v) is 7.45. The van der Waals surface area contributed by atoms with Crippen LogP contribution in [0, 0.1) is 0 Å². The van der Waals surface area contributed by atoms with Crippen molar-refractivity contribution in [1.29, 1.82) is 0 Å². The minimum atomic E-state index is -3.62. The molecule has 1 heterocycles. The van der Waals surface area contributed by atoms with Crippen molar-refractivity contribution in [1.82, 2.24) is 4.31 Å². The molecule has 0 aliphatic carbocycles. The lowest BCUT2D eigenvalue weighted by Gasteiger charge is -2.32. The Balaban J connectivity index is 2.48. The first-order valence-corrected chi connectivity index (χ1v) is 9.90. The topological polar surface area (TPSA) is 37.4 Å². The number of halogens is 3. The van der Waals surface area contributed by atoms with Gasteiger partial charge in [-0.15, -0.1) is 11.6 Å². The monoisotopic (exact) mass is 373 g/mol. The zero-order valence-corrected chi connectivity index (χ0v) is 14.7. The maximum absolute atomic E-state index is 12.7. The van der Waals surface area contributed by atoms with Gasteiger partial charge in [0.1, 0.15) is 4.90 Å². The number of nitrogens with zero attached hydrogens (tertiary/aromatic N) is 1. The summed E-state index contributed by atoms with van der Waals surface area (Å²) in [6.07, 6.45) is 0. The van der Waals surface area contributed by atoms with Gasteiger partial charge < -0.3 is 0 Å². The lowest BCUT2D eigenvalue weighted by molar-refractivity contribution is 0.367. The zero-order valence-electron chi connectivity index (χ0n) is 10.8. The highest BCUT2D eigenvalue weighted by Gasteiger charge is 2.33. The van der Waals surface area contributed by atoms with Crippen LogP contribution in [0.3, 0.4) is 0 Å². The van der Waals surface area contributed by atoms with Crippen LogP contribution in [0.25, 0.3) is 0 Å². The Morgan fingerprint density at radius 2 is 2.05 bits per heavy atom. The van der Waals surface area contributed by atoms with Gasteiger partial charge in [0.05, 0.1) is 5.02 Å². The van der Waals surface area contributed by atoms with E-state index < -0.39 is 10.0 Å². The third kappa shape index (κ3) is 3.23. The number of alkyl halides is 1. The van der Waals surface area contributed by atoms with Crippen molar-refractivity contribution in [2.24, 2.45) is 0 Å². The molecule has 0 saturated carbocycles. The highest BCUT2D eigenvalue weighted by molar-refractivity contribution is 7.99. The second-order valence-corrected chi connectivity index (χ2v) is 8.64. The lowest BCUT2D eigenvalue weighted by Crippen LogP contribution is -2.44.